The van der Waals surface area contributed by atoms with E-state index in [9.17, 15) is 23.5 Å². The minimum Gasteiger partial charge on any atom is -0.394 e. The van der Waals surface area contributed by atoms with E-state index < -0.39 is 37.4 Å². The van der Waals surface area contributed by atoms with E-state index in [0.29, 0.717) is 18.5 Å². The van der Waals surface area contributed by atoms with Crippen molar-refractivity contribution in [1.29, 1.82) is 0 Å². The quantitative estimate of drug-likeness (QED) is 0.895. The van der Waals surface area contributed by atoms with Crippen LogP contribution in [-0.2, 0) is 11.2 Å². The second-order valence-corrected chi connectivity index (χ2v) is 6.09. The molecular weight excluding hydrogens is 306 g/mol. The van der Waals surface area contributed by atoms with Crippen LogP contribution in [0.25, 0.3) is 0 Å². The van der Waals surface area contributed by atoms with Crippen molar-refractivity contribution >= 4 is 17.5 Å². The van der Waals surface area contributed by atoms with Crippen molar-refractivity contribution in [3.63, 3.8) is 0 Å². The van der Waals surface area contributed by atoms with Gasteiger partial charge in [0.25, 0.3) is 11.8 Å². The molecule has 1 atom stereocenters. The molecule has 23 heavy (non-hydrogen) atoms. The summed E-state index contributed by atoms with van der Waals surface area (Å²) in [4.78, 5) is 26.7. The number of halogens is 2. The molecular formula is C16H18F2N2O3. The molecule has 2 heterocycles. The molecule has 5 nitrogen and oxygen atoms in total. The summed E-state index contributed by atoms with van der Waals surface area (Å²) in [6.45, 7) is 0.883. The molecule has 2 aliphatic rings. The number of nitrogens with zero attached hydrogens (tertiary/aromatic N) is 2. The number of benzene rings is 1. The predicted molar refractivity (Wildman–Crippen MR) is 79.6 cm³/mol. The third-order valence-corrected chi connectivity index (χ3v) is 4.45. The molecule has 0 saturated carbocycles. The Morgan fingerprint density at radius 2 is 2.13 bits per heavy atom. The van der Waals surface area contributed by atoms with Gasteiger partial charge < -0.3 is 14.9 Å². The fraction of sp³-hybridized carbons (Fsp3) is 0.500. The molecule has 1 unspecified atom stereocenters. The van der Waals surface area contributed by atoms with Crippen molar-refractivity contribution in [2.24, 2.45) is 0 Å². The first-order valence-corrected chi connectivity index (χ1v) is 7.53. The van der Waals surface area contributed by atoms with Crippen LogP contribution in [0.2, 0.25) is 0 Å². The van der Waals surface area contributed by atoms with Gasteiger partial charge in [0.1, 0.15) is 0 Å². The number of carbonyl (C=O) groups is 2. The number of likely N-dealkylation sites (tertiary alicyclic amines) is 1. The number of anilines is 1. The number of alkyl halides is 2. The van der Waals surface area contributed by atoms with E-state index in [0.717, 1.165) is 16.2 Å². The molecule has 1 N–H and O–H groups in total. The Hall–Kier alpha value is -2.02. The molecule has 2 aliphatic heterocycles. The van der Waals surface area contributed by atoms with Gasteiger partial charge in [-0.1, -0.05) is 0 Å². The van der Waals surface area contributed by atoms with E-state index in [4.69, 9.17) is 0 Å². The first-order valence-electron chi connectivity index (χ1n) is 7.53. The fourth-order valence-corrected chi connectivity index (χ4v) is 3.33. The number of amides is 2. The van der Waals surface area contributed by atoms with Crippen molar-refractivity contribution < 1.29 is 23.5 Å². The van der Waals surface area contributed by atoms with Gasteiger partial charge in [-0.2, -0.15) is 0 Å². The highest BCUT2D eigenvalue weighted by molar-refractivity contribution is 5.98. The minimum absolute atomic E-state index is 0.0673. The van der Waals surface area contributed by atoms with Crippen LogP contribution < -0.4 is 4.90 Å². The Labute approximate surface area is 132 Å². The molecule has 0 bridgehead atoms. The molecule has 0 aromatic heterocycles. The lowest BCUT2D eigenvalue weighted by molar-refractivity contribution is -0.116. The highest BCUT2D eigenvalue weighted by Gasteiger charge is 2.46. The van der Waals surface area contributed by atoms with E-state index in [1.807, 2.05) is 0 Å². The van der Waals surface area contributed by atoms with Gasteiger partial charge in [-0.05, 0) is 30.2 Å². The van der Waals surface area contributed by atoms with Gasteiger partial charge in [0.05, 0.1) is 19.2 Å². The van der Waals surface area contributed by atoms with E-state index in [-0.39, 0.29) is 5.91 Å². The maximum atomic E-state index is 13.5. The third kappa shape index (κ3) is 2.81. The smallest absolute Gasteiger partial charge is 0.267 e. The van der Waals surface area contributed by atoms with E-state index >= 15 is 0 Å². The fourth-order valence-electron chi connectivity index (χ4n) is 3.33. The highest BCUT2D eigenvalue weighted by atomic mass is 19.3. The predicted octanol–water partition coefficient (Wildman–Crippen LogP) is 1.44. The number of hydrogen-bond donors (Lipinski definition) is 1. The lowest BCUT2D eigenvalue weighted by Crippen LogP contribution is -2.38. The summed E-state index contributed by atoms with van der Waals surface area (Å²) in [5, 5.41) is 9.24. The summed E-state index contributed by atoms with van der Waals surface area (Å²) in [7, 11) is 0. The molecule has 3 rings (SSSR count). The Kier molecular flexibility index (Phi) is 3.83. The molecule has 7 heteroatoms. The number of aliphatic hydroxyl groups excluding tert-OH is 1. The Morgan fingerprint density at radius 1 is 1.39 bits per heavy atom. The van der Waals surface area contributed by atoms with E-state index in [1.54, 1.807) is 23.1 Å². The first-order chi connectivity index (χ1) is 10.8. The first kappa shape index (κ1) is 15.9. The largest absolute Gasteiger partial charge is 0.394 e. The summed E-state index contributed by atoms with van der Waals surface area (Å²) >= 11 is 0. The van der Waals surface area contributed by atoms with Gasteiger partial charge in [-0.25, -0.2) is 8.78 Å². The zero-order chi connectivity index (χ0) is 16.8. The summed E-state index contributed by atoms with van der Waals surface area (Å²) in [5.74, 6) is -3.54. The molecule has 0 radical (unpaired) electrons. The second-order valence-electron chi connectivity index (χ2n) is 6.09. The zero-order valence-corrected chi connectivity index (χ0v) is 12.8. The van der Waals surface area contributed by atoms with E-state index in [2.05, 4.69) is 0 Å². The van der Waals surface area contributed by atoms with Crippen molar-refractivity contribution in [2.75, 3.05) is 24.6 Å². The lowest BCUT2D eigenvalue weighted by Gasteiger charge is -2.22. The average molecular weight is 324 g/mol. The van der Waals surface area contributed by atoms with Gasteiger partial charge in [0.2, 0.25) is 5.91 Å². The normalized spacial score (nSPS) is 22.3. The molecule has 1 fully saturated rings. The van der Waals surface area contributed by atoms with Gasteiger partial charge in [-0.15, -0.1) is 0 Å². The van der Waals surface area contributed by atoms with Crippen molar-refractivity contribution in [1.82, 2.24) is 4.90 Å². The van der Waals surface area contributed by atoms with Crippen LogP contribution in [0.4, 0.5) is 14.5 Å². The molecule has 0 spiro atoms. The van der Waals surface area contributed by atoms with Crippen molar-refractivity contribution in [2.45, 2.75) is 31.7 Å². The molecule has 2 amide bonds. The maximum absolute atomic E-state index is 13.5. The Balaban J connectivity index is 1.86. The molecule has 0 aliphatic carbocycles. The second kappa shape index (κ2) is 5.56. The number of fused-ring (bicyclic) bond motifs is 1. The number of aliphatic hydroxyl groups is 1. The summed E-state index contributed by atoms with van der Waals surface area (Å²) < 4.78 is 27.0. The monoisotopic (exact) mass is 324 g/mol. The number of carbonyl (C=O) groups excluding carboxylic acids is 2. The minimum atomic E-state index is -2.97. The summed E-state index contributed by atoms with van der Waals surface area (Å²) in [6.07, 6.45) is 0.119. The summed E-state index contributed by atoms with van der Waals surface area (Å²) in [5.41, 5.74) is 1.93. The van der Waals surface area contributed by atoms with Gasteiger partial charge >= 0.3 is 0 Å². The van der Waals surface area contributed by atoms with Crippen LogP contribution in [0, 0.1) is 0 Å². The van der Waals surface area contributed by atoms with Gasteiger partial charge in [0.15, 0.2) is 0 Å². The standard InChI is InChI=1S/C16H18F2N2O3/c1-10(22)19-5-4-11-6-12(2-3-14(11)19)15(23)20-9-16(17,18)7-13(20)8-21/h2-3,6,13,21H,4-5,7-9H2,1H3. The van der Waals surface area contributed by atoms with Crippen LogP contribution in [-0.4, -0.2) is 53.5 Å². The third-order valence-electron chi connectivity index (χ3n) is 4.45. The van der Waals surface area contributed by atoms with Crippen molar-refractivity contribution in [3.05, 3.63) is 29.3 Å². The SMILES string of the molecule is CC(=O)N1CCc2cc(C(=O)N3CC(F)(F)CC3CO)ccc21. The molecule has 1 aromatic rings. The number of rotatable bonds is 2. The van der Waals surface area contributed by atoms with Crippen LogP contribution in [0.1, 0.15) is 29.3 Å². The van der Waals surface area contributed by atoms with Gasteiger partial charge in [-0.3, -0.25) is 9.59 Å². The highest BCUT2D eigenvalue weighted by Crippen LogP contribution is 2.34. The molecule has 1 aromatic carbocycles. The van der Waals surface area contributed by atoms with E-state index in [1.165, 1.54) is 6.92 Å². The molecule has 124 valence electrons. The Bertz CT molecular complexity index is 663. The zero-order valence-electron chi connectivity index (χ0n) is 12.8. The maximum Gasteiger partial charge on any atom is 0.267 e. The molecule has 1 saturated heterocycles. The summed E-state index contributed by atoms with van der Waals surface area (Å²) in [6, 6.07) is 4.03. The van der Waals surface area contributed by atoms with Crippen molar-refractivity contribution in [3.8, 4) is 0 Å². The van der Waals surface area contributed by atoms with Crippen LogP contribution in [0.5, 0.6) is 0 Å². The lowest BCUT2D eigenvalue weighted by atomic mass is 10.1. The topological polar surface area (TPSA) is 60.9 Å². The van der Waals surface area contributed by atoms with Gasteiger partial charge in [0, 0.05) is 31.1 Å². The van der Waals surface area contributed by atoms with Crippen LogP contribution in [0.15, 0.2) is 18.2 Å². The Morgan fingerprint density at radius 3 is 2.78 bits per heavy atom. The van der Waals surface area contributed by atoms with Crippen LogP contribution in [0.3, 0.4) is 0 Å². The number of hydrogen-bond acceptors (Lipinski definition) is 3. The average Bonchev–Trinajstić information content (AvgIpc) is 3.05. The van der Waals surface area contributed by atoms with Crippen LogP contribution >= 0.6 is 0 Å².